The van der Waals surface area contributed by atoms with E-state index in [-0.39, 0.29) is 17.5 Å². The molecule has 1 fully saturated rings. The molecule has 116 valence electrons. The van der Waals surface area contributed by atoms with Gasteiger partial charge < -0.3 is 14.9 Å². The Kier molecular flexibility index (Phi) is 5.42. The summed E-state index contributed by atoms with van der Waals surface area (Å²) in [6.07, 6.45) is 3.30. The van der Waals surface area contributed by atoms with Crippen LogP contribution in [0.25, 0.3) is 0 Å². The van der Waals surface area contributed by atoms with Crippen LogP contribution in [0, 0.1) is 5.41 Å². The van der Waals surface area contributed by atoms with Crippen LogP contribution < -0.4 is 0 Å². The second kappa shape index (κ2) is 6.46. The number of hydrogen-bond acceptors (Lipinski definition) is 2. The molecule has 1 saturated heterocycles. The molecule has 0 aromatic carbocycles. The molecule has 0 aromatic rings. The Labute approximate surface area is 121 Å². The summed E-state index contributed by atoms with van der Waals surface area (Å²) >= 11 is 0. The molecule has 0 aromatic heterocycles. The molecule has 0 radical (unpaired) electrons. The van der Waals surface area contributed by atoms with Crippen LogP contribution in [0.15, 0.2) is 0 Å². The maximum atomic E-state index is 12.6. The van der Waals surface area contributed by atoms with E-state index in [4.69, 9.17) is 0 Å². The van der Waals surface area contributed by atoms with Crippen LogP contribution in [0.2, 0.25) is 0 Å². The number of amides is 2. The van der Waals surface area contributed by atoms with Crippen molar-refractivity contribution in [3.05, 3.63) is 0 Å². The van der Waals surface area contributed by atoms with Gasteiger partial charge in [0, 0.05) is 19.6 Å². The summed E-state index contributed by atoms with van der Waals surface area (Å²) < 4.78 is 0. The molecule has 2 atom stereocenters. The van der Waals surface area contributed by atoms with E-state index >= 15 is 0 Å². The predicted octanol–water partition coefficient (Wildman–Crippen LogP) is 2.80. The number of carbonyl (C=O) groups excluding carboxylic acids is 1. The van der Waals surface area contributed by atoms with E-state index in [0.29, 0.717) is 13.0 Å². The fraction of sp³-hybridized carbons (Fsp3) is 0.867. The van der Waals surface area contributed by atoms with Gasteiger partial charge in [0.25, 0.3) is 0 Å². The lowest BCUT2D eigenvalue weighted by atomic mass is 9.87. The van der Waals surface area contributed by atoms with Gasteiger partial charge in [-0.3, -0.25) is 0 Å². The van der Waals surface area contributed by atoms with Crippen molar-refractivity contribution >= 4 is 12.0 Å². The third-order valence-electron chi connectivity index (χ3n) is 4.42. The van der Waals surface area contributed by atoms with Crippen LogP contribution in [0.4, 0.5) is 4.79 Å². The number of carboxylic acid groups (broad SMARTS) is 1. The maximum absolute atomic E-state index is 12.6. The topological polar surface area (TPSA) is 60.9 Å². The highest BCUT2D eigenvalue weighted by atomic mass is 16.4. The first-order valence-corrected chi connectivity index (χ1v) is 7.42. The van der Waals surface area contributed by atoms with E-state index in [0.717, 1.165) is 19.3 Å². The number of carbonyl (C=O) groups is 2. The van der Waals surface area contributed by atoms with Gasteiger partial charge in [-0.2, -0.15) is 0 Å². The first-order valence-electron chi connectivity index (χ1n) is 7.42. The van der Waals surface area contributed by atoms with Crippen LogP contribution >= 0.6 is 0 Å². The molecule has 0 spiro atoms. The second-order valence-electron chi connectivity index (χ2n) is 6.83. The van der Waals surface area contributed by atoms with Crippen LogP contribution in [0.1, 0.15) is 53.4 Å². The van der Waals surface area contributed by atoms with Gasteiger partial charge in [-0.25, -0.2) is 9.59 Å². The van der Waals surface area contributed by atoms with E-state index in [9.17, 15) is 14.7 Å². The summed E-state index contributed by atoms with van der Waals surface area (Å²) in [6, 6.07) is -0.797. The number of rotatable bonds is 2. The molecule has 20 heavy (non-hydrogen) atoms. The number of carboxylic acids is 1. The highest BCUT2D eigenvalue weighted by molar-refractivity contribution is 5.82. The molecule has 1 rings (SSSR count). The molecule has 0 saturated carbocycles. The highest BCUT2D eigenvalue weighted by Crippen LogP contribution is 2.25. The maximum Gasteiger partial charge on any atom is 0.326 e. The molecular weight excluding hydrogens is 256 g/mol. The fourth-order valence-electron chi connectivity index (χ4n) is 2.54. The van der Waals surface area contributed by atoms with Crippen molar-refractivity contribution in [1.82, 2.24) is 9.80 Å². The van der Waals surface area contributed by atoms with E-state index < -0.39 is 12.0 Å². The Morgan fingerprint density at radius 2 is 1.85 bits per heavy atom. The summed E-state index contributed by atoms with van der Waals surface area (Å²) in [5.41, 5.74) is -0.0328. The first kappa shape index (κ1) is 16.8. The highest BCUT2D eigenvalue weighted by Gasteiger charge is 2.35. The molecule has 5 nitrogen and oxygen atoms in total. The quantitative estimate of drug-likeness (QED) is 0.848. The smallest absolute Gasteiger partial charge is 0.326 e. The minimum absolute atomic E-state index is 0.0328. The molecular formula is C15H28N2O3. The molecule has 0 bridgehead atoms. The van der Waals surface area contributed by atoms with E-state index in [1.165, 1.54) is 4.90 Å². The zero-order chi connectivity index (χ0) is 15.5. The molecule has 1 N–H and O–H groups in total. The minimum Gasteiger partial charge on any atom is -0.480 e. The Bertz CT molecular complexity index is 363. The zero-order valence-corrected chi connectivity index (χ0v) is 13.3. The van der Waals surface area contributed by atoms with E-state index in [1.54, 1.807) is 11.9 Å². The van der Waals surface area contributed by atoms with Crippen LogP contribution in [0.3, 0.4) is 0 Å². The predicted molar refractivity (Wildman–Crippen MR) is 78.7 cm³/mol. The summed E-state index contributed by atoms with van der Waals surface area (Å²) in [4.78, 5) is 27.3. The lowest BCUT2D eigenvalue weighted by Crippen LogP contribution is -2.54. The average molecular weight is 284 g/mol. The summed E-state index contributed by atoms with van der Waals surface area (Å²) in [6.45, 7) is 8.79. The van der Waals surface area contributed by atoms with Gasteiger partial charge in [0.05, 0.1) is 0 Å². The SMILES string of the molecule is CC(N(C)C(=O)N1CCCCCC1C(=O)O)C(C)(C)C. The molecule has 5 heteroatoms. The van der Waals surface area contributed by atoms with Gasteiger partial charge in [-0.15, -0.1) is 0 Å². The van der Waals surface area contributed by atoms with Crippen molar-refractivity contribution < 1.29 is 14.7 Å². The van der Waals surface area contributed by atoms with Crippen LogP contribution in [0.5, 0.6) is 0 Å². The molecule has 2 unspecified atom stereocenters. The van der Waals surface area contributed by atoms with Gasteiger partial charge in [0.2, 0.25) is 0 Å². The van der Waals surface area contributed by atoms with Gasteiger partial charge in [-0.05, 0) is 25.2 Å². The van der Waals surface area contributed by atoms with Crippen molar-refractivity contribution in [3.8, 4) is 0 Å². The van der Waals surface area contributed by atoms with Crippen LogP contribution in [-0.2, 0) is 4.79 Å². The lowest BCUT2D eigenvalue weighted by molar-refractivity contribution is -0.142. The molecule has 1 heterocycles. The number of hydrogen-bond donors (Lipinski definition) is 1. The Balaban J connectivity index is 2.89. The summed E-state index contributed by atoms with van der Waals surface area (Å²) in [5, 5.41) is 9.35. The normalized spacial score (nSPS) is 22.1. The molecule has 0 aliphatic carbocycles. The van der Waals surface area contributed by atoms with Crippen molar-refractivity contribution in [2.45, 2.75) is 65.5 Å². The number of nitrogens with zero attached hydrogens (tertiary/aromatic N) is 2. The van der Waals surface area contributed by atoms with Gasteiger partial charge >= 0.3 is 12.0 Å². The molecule has 2 amide bonds. The Morgan fingerprint density at radius 3 is 2.35 bits per heavy atom. The van der Waals surface area contributed by atoms with Crippen molar-refractivity contribution in [2.24, 2.45) is 5.41 Å². The lowest BCUT2D eigenvalue weighted by Gasteiger charge is -2.39. The first-order chi connectivity index (χ1) is 9.16. The largest absolute Gasteiger partial charge is 0.480 e. The Hall–Kier alpha value is -1.26. The number of aliphatic carboxylic acids is 1. The second-order valence-corrected chi connectivity index (χ2v) is 6.83. The molecule has 1 aliphatic rings. The fourth-order valence-corrected chi connectivity index (χ4v) is 2.54. The van der Waals surface area contributed by atoms with Crippen molar-refractivity contribution in [1.29, 1.82) is 0 Å². The monoisotopic (exact) mass is 284 g/mol. The minimum atomic E-state index is -0.892. The van der Waals surface area contributed by atoms with Crippen molar-refractivity contribution in [3.63, 3.8) is 0 Å². The zero-order valence-electron chi connectivity index (χ0n) is 13.3. The standard InChI is InChI=1S/C15H28N2O3/c1-11(15(2,3)4)16(5)14(20)17-10-8-6-7-9-12(17)13(18)19/h11-12H,6-10H2,1-5H3,(H,18,19). The average Bonchev–Trinajstić information content (AvgIpc) is 2.60. The van der Waals surface area contributed by atoms with Crippen LogP contribution in [-0.4, -0.2) is 52.6 Å². The van der Waals surface area contributed by atoms with Gasteiger partial charge in [0.15, 0.2) is 0 Å². The van der Waals surface area contributed by atoms with Crippen molar-refractivity contribution in [2.75, 3.05) is 13.6 Å². The third-order valence-corrected chi connectivity index (χ3v) is 4.42. The number of urea groups is 1. The van der Waals surface area contributed by atoms with E-state index in [1.807, 2.05) is 6.92 Å². The molecule has 1 aliphatic heterocycles. The third kappa shape index (κ3) is 3.87. The Morgan fingerprint density at radius 1 is 1.25 bits per heavy atom. The van der Waals surface area contributed by atoms with Gasteiger partial charge in [0.1, 0.15) is 6.04 Å². The summed E-state index contributed by atoms with van der Waals surface area (Å²) in [7, 11) is 1.77. The number of likely N-dealkylation sites (tertiary alicyclic amines) is 1. The van der Waals surface area contributed by atoms with Gasteiger partial charge in [-0.1, -0.05) is 33.6 Å². The van der Waals surface area contributed by atoms with E-state index in [2.05, 4.69) is 20.8 Å². The summed E-state index contributed by atoms with van der Waals surface area (Å²) in [5.74, 6) is -0.892.